The molecule has 2 aliphatic heterocycles. The Kier molecular flexibility index (Phi) is 6.03. The summed E-state index contributed by atoms with van der Waals surface area (Å²) in [7, 11) is 0. The quantitative estimate of drug-likeness (QED) is 0.599. The zero-order chi connectivity index (χ0) is 19.3. The Bertz CT molecular complexity index is 832. The van der Waals surface area contributed by atoms with Crippen molar-refractivity contribution in [2.24, 2.45) is 10.7 Å². The predicted molar refractivity (Wildman–Crippen MR) is 114 cm³/mol. The third-order valence-corrected chi connectivity index (χ3v) is 5.65. The topological polar surface area (TPSA) is 62.9 Å². The van der Waals surface area contributed by atoms with Gasteiger partial charge in [0.2, 0.25) is 0 Å². The van der Waals surface area contributed by atoms with E-state index in [4.69, 9.17) is 22.1 Å². The molecule has 0 radical (unpaired) electrons. The van der Waals surface area contributed by atoms with E-state index in [1.807, 2.05) is 12.1 Å². The van der Waals surface area contributed by atoms with E-state index in [0.29, 0.717) is 25.2 Å². The van der Waals surface area contributed by atoms with Gasteiger partial charge >= 0.3 is 0 Å². The summed E-state index contributed by atoms with van der Waals surface area (Å²) in [5.41, 5.74) is 9.68. The van der Waals surface area contributed by atoms with Crippen molar-refractivity contribution in [2.75, 3.05) is 19.7 Å². The Morgan fingerprint density at radius 3 is 2.79 bits per heavy atom. The lowest BCUT2D eigenvalue weighted by molar-refractivity contribution is 0.199. The van der Waals surface area contributed by atoms with Crippen molar-refractivity contribution >= 4 is 17.6 Å². The van der Waals surface area contributed by atoms with Gasteiger partial charge in [0.1, 0.15) is 5.75 Å². The van der Waals surface area contributed by atoms with Crippen molar-refractivity contribution in [3.63, 3.8) is 0 Å². The van der Waals surface area contributed by atoms with E-state index in [1.165, 1.54) is 5.56 Å². The van der Waals surface area contributed by atoms with Gasteiger partial charge in [0.25, 0.3) is 0 Å². The number of nitrogens with one attached hydrogen (secondary N) is 1. The molecule has 0 atom stereocenters. The number of nitrogens with two attached hydrogens (primary N) is 1. The van der Waals surface area contributed by atoms with Crippen LogP contribution in [0.25, 0.3) is 0 Å². The molecule has 28 heavy (non-hydrogen) atoms. The van der Waals surface area contributed by atoms with E-state index in [9.17, 15) is 0 Å². The average molecular weight is 399 g/mol. The first-order valence-electron chi connectivity index (χ1n) is 9.94. The Morgan fingerprint density at radius 2 is 2.00 bits per heavy atom. The number of aliphatic imine (C=N–C) groups is 1. The molecular weight excluding hydrogens is 372 g/mol. The molecular formula is C22H27ClN4O. The third-order valence-electron chi connectivity index (χ3n) is 5.43. The molecule has 3 N–H and O–H groups in total. The normalized spacial score (nSPS) is 18.0. The van der Waals surface area contributed by atoms with Gasteiger partial charge in [-0.2, -0.15) is 0 Å². The lowest BCUT2D eigenvalue weighted by atomic mass is 10.0. The van der Waals surface area contributed by atoms with E-state index < -0.39 is 0 Å². The van der Waals surface area contributed by atoms with Crippen LogP contribution in [0.15, 0.2) is 47.5 Å². The molecule has 2 aliphatic rings. The summed E-state index contributed by atoms with van der Waals surface area (Å²) in [6, 6.07) is 14.9. The summed E-state index contributed by atoms with van der Waals surface area (Å²) >= 11 is 6.22. The molecule has 5 nitrogen and oxygen atoms in total. The second-order valence-corrected chi connectivity index (χ2v) is 7.97. The minimum absolute atomic E-state index is 0.372. The Morgan fingerprint density at radius 1 is 1.21 bits per heavy atom. The molecule has 2 heterocycles. The predicted octanol–water partition coefficient (Wildman–Crippen LogP) is 3.34. The van der Waals surface area contributed by atoms with Crippen LogP contribution in [0.2, 0.25) is 5.02 Å². The molecule has 0 aromatic heterocycles. The number of halogens is 1. The number of piperidine rings is 1. The zero-order valence-corrected chi connectivity index (χ0v) is 16.8. The monoisotopic (exact) mass is 398 g/mol. The number of benzene rings is 2. The number of guanidine groups is 1. The van der Waals surface area contributed by atoms with Gasteiger partial charge in [-0.3, -0.25) is 4.90 Å². The van der Waals surface area contributed by atoms with Crippen LogP contribution in [-0.2, 0) is 19.5 Å². The molecule has 2 aromatic rings. The standard InChI is InChI=1S/C22H27ClN4O/c23-19-12-17-8-11-28-21(17)18(13-19)14-25-22(24)26-20-6-9-27(10-7-20)15-16-4-2-1-3-5-16/h1-5,12-13,20H,6-11,14-15H2,(H3,24,25,26). The van der Waals surface area contributed by atoms with E-state index in [1.54, 1.807) is 0 Å². The maximum Gasteiger partial charge on any atom is 0.189 e. The first-order valence-corrected chi connectivity index (χ1v) is 10.3. The molecule has 0 unspecified atom stereocenters. The number of rotatable bonds is 5. The van der Waals surface area contributed by atoms with Crippen LogP contribution in [0.1, 0.15) is 29.5 Å². The van der Waals surface area contributed by atoms with Crippen LogP contribution < -0.4 is 15.8 Å². The van der Waals surface area contributed by atoms with Crippen LogP contribution in [0, 0.1) is 0 Å². The molecule has 0 saturated carbocycles. The molecule has 0 amide bonds. The fourth-order valence-corrected chi connectivity index (χ4v) is 4.23. The largest absolute Gasteiger partial charge is 0.493 e. The molecule has 0 aliphatic carbocycles. The Hall–Kier alpha value is -2.24. The summed E-state index contributed by atoms with van der Waals surface area (Å²) in [4.78, 5) is 7.02. The van der Waals surface area contributed by atoms with Gasteiger partial charge in [-0.05, 0) is 36.1 Å². The highest BCUT2D eigenvalue weighted by molar-refractivity contribution is 6.30. The molecule has 148 valence electrons. The molecule has 6 heteroatoms. The van der Waals surface area contributed by atoms with Crippen LogP contribution >= 0.6 is 11.6 Å². The van der Waals surface area contributed by atoms with Gasteiger partial charge in [0.05, 0.1) is 13.2 Å². The maximum atomic E-state index is 6.22. The molecule has 1 fully saturated rings. The highest BCUT2D eigenvalue weighted by Crippen LogP contribution is 2.33. The first kappa shape index (κ1) is 19.1. The van der Waals surface area contributed by atoms with Gasteiger partial charge in [-0.15, -0.1) is 0 Å². The lowest BCUT2D eigenvalue weighted by Gasteiger charge is -2.32. The van der Waals surface area contributed by atoms with Crippen LogP contribution in [-0.4, -0.2) is 36.6 Å². The number of ether oxygens (including phenoxy) is 1. The third kappa shape index (κ3) is 4.78. The van der Waals surface area contributed by atoms with Gasteiger partial charge in [-0.1, -0.05) is 41.9 Å². The molecule has 0 bridgehead atoms. The number of hydrogen-bond donors (Lipinski definition) is 2. The lowest BCUT2D eigenvalue weighted by Crippen LogP contribution is -2.46. The van der Waals surface area contributed by atoms with Crippen molar-refractivity contribution in [3.8, 4) is 5.75 Å². The number of hydrogen-bond acceptors (Lipinski definition) is 3. The Labute approximate surface area is 171 Å². The number of nitrogens with zero attached hydrogens (tertiary/aromatic N) is 2. The second-order valence-electron chi connectivity index (χ2n) is 7.53. The molecule has 4 rings (SSSR count). The summed E-state index contributed by atoms with van der Waals surface area (Å²) in [6.07, 6.45) is 3.04. The highest BCUT2D eigenvalue weighted by atomic mass is 35.5. The zero-order valence-electron chi connectivity index (χ0n) is 16.0. The van der Waals surface area contributed by atoms with Gasteiger partial charge in [0, 0.05) is 42.7 Å². The smallest absolute Gasteiger partial charge is 0.189 e. The molecule has 0 spiro atoms. The summed E-state index contributed by atoms with van der Waals surface area (Å²) < 4.78 is 5.73. The second kappa shape index (κ2) is 8.84. The maximum absolute atomic E-state index is 6.22. The van der Waals surface area contributed by atoms with Gasteiger partial charge in [0.15, 0.2) is 5.96 Å². The van der Waals surface area contributed by atoms with Crippen molar-refractivity contribution in [3.05, 3.63) is 64.2 Å². The van der Waals surface area contributed by atoms with Crippen LogP contribution in [0.3, 0.4) is 0 Å². The van der Waals surface area contributed by atoms with E-state index in [-0.39, 0.29) is 0 Å². The summed E-state index contributed by atoms with van der Waals surface area (Å²) in [5.74, 6) is 1.42. The van der Waals surface area contributed by atoms with Crippen molar-refractivity contribution in [1.29, 1.82) is 0 Å². The van der Waals surface area contributed by atoms with E-state index >= 15 is 0 Å². The molecule has 1 saturated heterocycles. The number of fused-ring (bicyclic) bond motifs is 1. The van der Waals surface area contributed by atoms with Crippen molar-refractivity contribution in [1.82, 2.24) is 10.2 Å². The minimum atomic E-state index is 0.372. The van der Waals surface area contributed by atoms with Crippen LogP contribution in [0.4, 0.5) is 0 Å². The fraction of sp³-hybridized carbons (Fsp3) is 0.409. The average Bonchev–Trinajstić information content (AvgIpc) is 3.17. The fourth-order valence-electron chi connectivity index (χ4n) is 3.97. The number of likely N-dealkylation sites (tertiary alicyclic amines) is 1. The van der Waals surface area contributed by atoms with Gasteiger partial charge in [-0.25, -0.2) is 4.99 Å². The summed E-state index contributed by atoms with van der Waals surface area (Å²) in [6.45, 7) is 4.33. The van der Waals surface area contributed by atoms with Crippen LogP contribution in [0.5, 0.6) is 5.75 Å². The minimum Gasteiger partial charge on any atom is -0.493 e. The van der Waals surface area contributed by atoms with Crippen molar-refractivity contribution < 1.29 is 4.74 Å². The highest BCUT2D eigenvalue weighted by Gasteiger charge is 2.20. The Balaban J connectivity index is 1.27. The van der Waals surface area contributed by atoms with E-state index in [0.717, 1.165) is 60.8 Å². The van der Waals surface area contributed by atoms with E-state index in [2.05, 4.69) is 45.5 Å². The summed E-state index contributed by atoms with van der Waals surface area (Å²) in [5, 5.41) is 4.11. The van der Waals surface area contributed by atoms with Crippen molar-refractivity contribution in [2.45, 2.75) is 38.4 Å². The van der Waals surface area contributed by atoms with Gasteiger partial charge < -0.3 is 15.8 Å². The molecule has 2 aromatic carbocycles. The first-order chi connectivity index (χ1) is 13.7. The SMILES string of the molecule is NC(=NCc1cc(Cl)cc2c1OCC2)NC1CCN(Cc2ccccc2)CC1.